The van der Waals surface area contributed by atoms with Gasteiger partial charge in [-0.1, -0.05) is 0 Å². The fourth-order valence-corrected chi connectivity index (χ4v) is 3.34. The average molecular weight is 316 g/mol. The summed E-state index contributed by atoms with van der Waals surface area (Å²) in [6.45, 7) is 8.95. The van der Waals surface area contributed by atoms with Crippen LogP contribution in [0.2, 0.25) is 0 Å². The molecule has 2 fully saturated rings. The van der Waals surface area contributed by atoms with Gasteiger partial charge in [-0.05, 0) is 58.8 Å². The summed E-state index contributed by atoms with van der Waals surface area (Å²) in [7, 11) is 0. The van der Waals surface area contributed by atoms with Gasteiger partial charge in [-0.15, -0.1) is 11.6 Å². The molecule has 1 aliphatic carbocycles. The molecule has 0 radical (unpaired) electrons. The van der Waals surface area contributed by atoms with Crippen LogP contribution < -0.4 is 0 Å². The smallest absolute Gasteiger partial charge is 0.410 e. The van der Waals surface area contributed by atoms with Gasteiger partial charge in [-0.3, -0.25) is 4.79 Å². The van der Waals surface area contributed by atoms with Gasteiger partial charge in [0.1, 0.15) is 10.5 Å². The fourth-order valence-electron chi connectivity index (χ4n) is 3.10. The van der Waals surface area contributed by atoms with E-state index in [9.17, 15) is 9.59 Å². The molecule has 1 amide bonds. The van der Waals surface area contributed by atoms with Crippen LogP contribution >= 0.6 is 11.6 Å². The summed E-state index contributed by atoms with van der Waals surface area (Å²) in [5.74, 6) is 1.02. The van der Waals surface area contributed by atoms with E-state index in [0.29, 0.717) is 18.3 Å². The Morgan fingerprint density at radius 2 is 1.95 bits per heavy atom. The molecule has 2 atom stereocenters. The third kappa shape index (κ3) is 3.91. The lowest BCUT2D eigenvalue weighted by atomic mass is 9.68. The third-order valence-electron chi connectivity index (χ3n) is 4.63. The second kappa shape index (κ2) is 5.79. The highest BCUT2D eigenvalue weighted by atomic mass is 35.5. The van der Waals surface area contributed by atoms with Gasteiger partial charge in [0.05, 0.1) is 0 Å². The topological polar surface area (TPSA) is 46.6 Å². The number of hydrogen-bond acceptors (Lipinski definition) is 3. The number of likely N-dealkylation sites (tertiary alicyclic amines) is 1. The normalized spacial score (nSPS) is 31.0. The van der Waals surface area contributed by atoms with Crippen molar-refractivity contribution >= 4 is 23.5 Å². The van der Waals surface area contributed by atoms with Crippen LogP contribution in [0.15, 0.2) is 0 Å². The fraction of sp³-hybridized carbons (Fsp3) is 0.875. The Labute approximate surface area is 132 Å². The summed E-state index contributed by atoms with van der Waals surface area (Å²) in [4.78, 5) is 24.6. The second-order valence-electron chi connectivity index (χ2n) is 7.55. The Morgan fingerprint density at radius 1 is 1.38 bits per heavy atom. The zero-order chi connectivity index (χ0) is 15.8. The number of Topliss-reactive ketones (excluding diaryl/α,β-unsaturated/α-hetero) is 1. The minimum Gasteiger partial charge on any atom is -0.444 e. The number of ketones is 1. The van der Waals surface area contributed by atoms with Gasteiger partial charge in [-0.25, -0.2) is 4.79 Å². The molecule has 1 saturated carbocycles. The molecule has 0 spiro atoms. The van der Waals surface area contributed by atoms with Crippen molar-refractivity contribution in [1.82, 2.24) is 4.90 Å². The van der Waals surface area contributed by atoms with E-state index in [1.54, 1.807) is 4.90 Å². The maximum atomic E-state index is 12.0. The number of nitrogens with zero attached hydrogens (tertiary/aromatic N) is 1. The molecule has 0 aromatic rings. The van der Waals surface area contributed by atoms with Crippen LogP contribution in [0.3, 0.4) is 0 Å². The highest BCUT2D eigenvalue weighted by Crippen LogP contribution is 2.45. The molecule has 1 saturated heterocycles. The van der Waals surface area contributed by atoms with Gasteiger partial charge >= 0.3 is 6.09 Å². The number of amides is 1. The first-order chi connectivity index (χ1) is 9.59. The number of halogens is 1. The highest BCUT2D eigenvalue weighted by Gasteiger charge is 2.50. The van der Waals surface area contributed by atoms with Crippen molar-refractivity contribution in [3.05, 3.63) is 0 Å². The zero-order valence-corrected chi connectivity index (χ0v) is 14.2. The number of alkyl halides is 1. The number of piperidine rings is 1. The van der Waals surface area contributed by atoms with Crippen LogP contribution in [0.5, 0.6) is 0 Å². The molecule has 1 aliphatic heterocycles. The molecule has 2 unspecified atom stereocenters. The molecule has 2 rings (SSSR count). The van der Waals surface area contributed by atoms with E-state index in [0.717, 1.165) is 32.4 Å². The molecule has 0 aromatic heterocycles. The summed E-state index contributed by atoms with van der Waals surface area (Å²) in [5.41, 5.74) is -0.444. The molecule has 2 aliphatic rings. The van der Waals surface area contributed by atoms with Crippen molar-refractivity contribution in [3.63, 3.8) is 0 Å². The van der Waals surface area contributed by atoms with Crippen molar-refractivity contribution in [3.8, 4) is 0 Å². The van der Waals surface area contributed by atoms with Crippen molar-refractivity contribution in [2.45, 2.75) is 63.9 Å². The lowest BCUT2D eigenvalue weighted by Gasteiger charge is -2.43. The average Bonchev–Trinajstić information content (AvgIpc) is 2.37. The number of carbonyl (C=O) groups is 2. The van der Waals surface area contributed by atoms with Gasteiger partial charge in [0.25, 0.3) is 0 Å². The van der Waals surface area contributed by atoms with E-state index >= 15 is 0 Å². The first-order valence-corrected chi connectivity index (χ1v) is 8.17. The lowest BCUT2D eigenvalue weighted by Crippen LogP contribution is -2.51. The first-order valence-electron chi connectivity index (χ1n) is 7.80. The van der Waals surface area contributed by atoms with Crippen LogP contribution in [-0.4, -0.2) is 40.3 Å². The van der Waals surface area contributed by atoms with Crippen molar-refractivity contribution in [1.29, 1.82) is 0 Å². The van der Waals surface area contributed by atoms with E-state index in [2.05, 4.69) is 0 Å². The minimum atomic E-state index is -0.650. The Balaban J connectivity index is 1.76. The van der Waals surface area contributed by atoms with Gasteiger partial charge < -0.3 is 9.64 Å². The van der Waals surface area contributed by atoms with Crippen LogP contribution in [-0.2, 0) is 9.53 Å². The van der Waals surface area contributed by atoms with Crippen LogP contribution in [0, 0.1) is 11.8 Å². The van der Waals surface area contributed by atoms with Gasteiger partial charge in [0.2, 0.25) is 0 Å². The summed E-state index contributed by atoms with van der Waals surface area (Å²) >= 11 is 6.26. The van der Waals surface area contributed by atoms with Crippen LogP contribution in [0.4, 0.5) is 4.79 Å². The molecular weight excluding hydrogens is 290 g/mol. The Kier molecular flexibility index (Phi) is 4.57. The zero-order valence-electron chi connectivity index (χ0n) is 13.4. The number of carbonyl (C=O) groups excluding carboxylic acids is 2. The predicted molar refractivity (Wildman–Crippen MR) is 82.5 cm³/mol. The number of rotatable bonds is 2. The molecule has 1 heterocycles. The molecule has 21 heavy (non-hydrogen) atoms. The maximum Gasteiger partial charge on any atom is 0.410 e. The Bertz CT molecular complexity index is 420. The largest absolute Gasteiger partial charge is 0.444 e. The van der Waals surface area contributed by atoms with Crippen LogP contribution in [0.25, 0.3) is 0 Å². The molecule has 0 N–H and O–H groups in total. The van der Waals surface area contributed by atoms with Crippen molar-refractivity contribution in [2.75, 3.05) is 13.1 Å². The Morgan fingerprint density at radius 3 is 2.38 bits per heavy atom. The van der Waals surface area contributed by atoms with Crippen molar-refractivity contribution < 1.29 is 14.3 Å². The van der Waals surface area contributed by atoms with E-state index in [4.69, 9.17) is 16.3 Å². The molecular formula is C16H26ClNO3. The highest BCUT2D eigenvalue weighted by molar-refractivity contribution is 6.37. The summed E-state index contributed by atoms with van der Waals surface area (Å²) in [6.07, 6.45) is 3.33. The predicted octanol–water partition coefficient (Wildman–Crippen LogP) is 3.61. The summed E-state index contributed by atoms with van der Waals surface area (Å²) in [5, 5.41) is 0. The molecule has 5 heteroatoms. The molecule has 120 valence electrons. The summed E-state index contributed by atoms with van der Waals surface area (Å²) in [6, 6.07) is 0. The number of hydrogen-bond donors (Lipinski definition) is 0. The van der Waals surface area contributed by atoms with Crippen LogP contribution in [0.1, 0.15) is 53.4 Å². The number of ether oxygens (including phenoxy) is 1. The standard InChI is InChI=1S/C16H26ClNO3/c1-15(2,3)21-14(20)18-7-5-11(6-8-18)9-12-10-13(19)16(12,4)17/h11-12H,5-10H2,1-4H3. The lowest BCUT2D eigenvalue weighted by molar-refractivity contribution is -0.131. The van der Waals surface area contributed by atoms with Gasteiger partial charge in [0, 0.05) is 19.5 Å². The molecule has 0 bridgehead atoms. The van der Waals surface area contributed by atoms with Gasteiger partial charge in [0.15, 0.2) is 5.78 Å². The van der Waals surface area contributed by atoms with E-state index < -0.39 is 10.5 Å². The monoisotopic (exact) mass is 315 g/mol. The van der Waals surface area contributed by atoms with E-state index in [-0.39, 0.29) is 11.9 Å². The molecule has 4 nitrogen and oxygen atoms in total. The summed E-state index contributed by atoms with van der Waals surface area (Å²) < 4.78 is 5.39. The third-order valence-corrected chi connectivity index (χ3v) is 5.15. The molecule has 0 aromatic carbocycles. The Hall–Kier alpha value is -0.770. The second-order valence-corrected chi connectivity index (χ2v) is 8.33. The minimum absolute atomic E-state index is 0.167. The van der Waals surface area contributed by atoms with E-state index in [1.807, 2.05) is 27.7 Å². The quantitative estimate of drug-likeness (QED) is 0.731. The SMILES string of the molecule is CC(C)(C)OC(=O)N1CCC(CC2CC(=O)C2(C)Cl)CC1. The van der Waals surface area contributed by atoms with E-state index in [1.165, 1.54) is 0 Å². The first kappa shape index (κ1) is 16.6. The maximum absolute atomic E-state index is 12.0. The van der Waals surface area contributed by atoms with Crippen molar-refractivity contribution in [2.24, 2.45) is 11.8 Å². The van der Waals surface area contributed by atoms with Gasteiger partial charge in [-0.2, -0.15) is 0 Å².